The summed E-state index contributed by atoms with van der Waals surface area (Å²) in [6, 6.07) is 0. The molecule has 54 valence electrons. The SMILES string of the molecule is Cn1cncc1C[N+](=O)[O-]. The third kappa shape index (κ3) is 1.31. The lowest BCUT2D eigenvalue weighted by Crippen LogP contribution is -2.02. The van der Waals surface area contributed by atoms with E-state index in [1.807, 2.05) is 0 Å². The first-order valence-electron chi connectivity index (χ1n) is 2.77. The summed E-state index contributed by atoms with van der Waals surface area (Å²) >= 11 is 0. The van der Waals surface area contributed by atoms with Crippen molar-refractivity contribution in [3.63, 3.8) is 0 Å². The zero-order valence-corrected chi connectivity index (χ0v) is 5.52. The highest BCUT2D eigenvalue weighted by molar-refractivity contribution is 4.94. The first kappa shape index (κ1) is 6.73. The Kier molecular flexibility index (Phi) is 1.66. The summed E-state index contributed by atoms with van der Waals surface area (Å²) in [6.07, 6.45) is 3.03. The summed E-state index contributed by atoms with van der Waals surface area (Å²) in [7, 11) is 1.73. The second-order valence-corrected chi connectivity index (χ2v) is 1.99. The molecule has 1 heterocycles. The standard InChI is InChI=1S/C5H7N3O2/c1-7-4-6-2-5(7)3-8(9)10/h2,4H,3H2,1H3. The first-order valence-corrected chi connectivity index (χ1v) is 2.77. The molecule has 0 aromatic carbocycles. The molecule has 0 saturated carbocycles. The molecule has 0 aliphatic carbocycles. The number of imidazole rings is 1. The number of hydrogen-bond donors (Lipinski definition) is 0. The van der Waals surface area contributed by atoms with Crippen molar-refractivity contribution in [3.8, 4) is 0 Å². The van der Waals surface area contributed by atoms with E-state index in [0.717, 1.165) is 0 Å². The van der Waals surface area contributed by atoms with Crippen molar-refractivity contribution in [3.05, 3.63) is 28.3 Å². The molecule has 0 unspecified atom stereocenters. The molecular formula is C5H7N3O2. The molecule has 0 bridgehead atoms. The van der Waals surface area contributed by atoms with Crippen LogP contribution in [0.2, 0.25) is 0 Å². The lowest BCUT2D eigenvalue weighted by Gasteiger charge is -1.93. The van der Waals surface area contributed by atoms with E-state index in [1.165, 1.54) is 6.20 Å². The molecule has 0 N–H and O–H groups in total. The quantitative estimate of drug-likeness (QED) is 0.436. The minimum Gasteiger partial charge on any atom is -0.332 e. The van der Waals surface area contributed by atoms with Crippen LogP contribution < -0.4 is 0 Å². The molecule has 0 spiro atoms. The van der Waals surface area contributed by atoms with Crippen LogP contribution in [-0.4, -0.2) is 14.5 Å². The highest BCUT2D eigenvalue weighted by Crippen LogP contribution is 1.96. The highest BCUT2D eigenvalue weighted by atomic mass is 16.6. The number of nitro groups is 1. The predicted molar refractivity (Wildman–Crippen MR) is 33.9 cm³/mol. The lowest BCUT2D eigenvalue weighted by molar-refractivity contribution is -0.497. The van der Waals surface area contributed by atoms with Crippen molar-refractivity contribution in [2.24, 2.45) is 7.05 Å². The van der Waals surface area contributed by atoms with Crippen molar-refractivity contribution in [2.45, 2.75) is 6.54 Å². The van der Waals surface area contributed by atoms with Gasteiger partial charge in [-0.2, -0.15) is 0 Å². The van der Waals surface area contributed by atoms with E-state index in [0.29, 0.717) is 5.69 Å². The highest BCUT2D eigenvalue weighted by Gasteiger charge is 2.03. The summed E-state index contributed by atoms with van der Waals surface area (Å²) in [5.74, 6) is 0. The smallest absolute Gasteiger partial charge is 0.245 e. The molecular weight excluding hydrogens is 134 g/mol. The van der Waals surface area contributed by atoms with Crippen LogP contribution in [0.25, 0.3) is 0 Å². The van der Waals surface area contributed by atoms with Gasteiger partial charge in [0, 0.05) is 12.0 Å². The van der Waals surface area contributed by atoms with Crippen LogP contribution in [-0.2, 0) is 13.6 Å². The molecule has 0 aliphatic rings. The fourth-order valence-corrected chi connectivity index (χ4v) is 0.669. The van der Waals surface area contributed by atoms with E-state index < -0.39 is 0 Å². The number of rotatable bonds is 2. The topological polar surface area (TPSA) is 61.0 Å². The first-order chi connectivity index (χ1) is 4.70. The second kappa shape index (κ2) is 2.47. The molecule has 0 atom stereocenters. The van der Waals surface area contributed by atoms with Gasteiger partial charge < -0.3 is 4.57 Å². The molecule has 1 aromatic heterocycles. The van der Waals surface area contributed by atoms with Gasteiger partial charge in [0.25, 0.3) is 0 Å². The van der Waals surface area contributed by atoms with Gasteiger partial charge in [-0.3, -0.25) is 10.1 Å². The minimum absolute atomic E-state index is 0.156. The third-order valence-electron chi connectivity index (χ3n) is 1.21. The van der Waals surface area contributed by atoms with Gasteiger partial charge in [0.05, 0.1) is 12.5 Å². The maximum absolute atomic E-state index is 9.98. The average molecular weight is 141 g/mol. The van der Waals surface area contributed by atoms with Gasteiger partial charge in [-0.15, -0.1) is 0 Å². The van der Waals surface area contributed by atoms with Crippen molar-refractivity contribution in [1.82, 2.24) is 9.55 Å². The predicted octanol–water partition coefficient (Wildman–Crippen LogP) is 0.197. The monoisotopic (exact) mass is 141 g/mol. The number of hydrogen-bond acceptors (Lipinski definition) is 3. The van der Waals surface area contributed by atoms with E-state index in [9.17, 15) is 10.1 Å². The Bertz CT molecular complexity index is 243. The van der Waals surface area contributed by atoms with Crippen LogP contribution in [0.5, 0.6) is 0 Å². The van der Waals surface area contributed by atoms with Crippen molar-refractivity contribution in [2.75, 3.05) is 0 Å². The minimum atomic E-state index is -0.378. The molecule has 5 nitrogen and oxygen atoms in total. The summed E-state index contributed by atoms with van der Waals surface area (Å²) in [4.78, 5) is 13.3. The fraction of sp³-hybridized carbons (Fsp3) is 0.400. The molecule has 0 saturated heterocycles. The molecule has 0 fully saturated rings. The third-order valence-corrected chi connectivity index (χ3v) is 1.21. The normalized spacial score (nSPS) is 9.70. The Morgan fingerprint density at radius 1 is 1.90 bits per heavy atom. The van der Waals surface area contributed by atoms with E-state index in [1.54, 1.807) is 17.9 Å². The summed E-state index contributed by atoms with van der Waals surface area (Å²) in [5.41, 5.74) is 0.616. The van der Waals surface area contributed by atoms with Crippen LogP contribution in [0.4, 0.5) is 0 Å². The Morgan fingerprint density at radius 3 is 3.00 bits per heavy atom. The van der Waals surface area contributed by atoms with Crippen molar-refractivity contribution in [1.29, 1.82) is 0 Å². The maximum Gasteiger partial charge on any atom is 0.245 e. The molecule has 10 heavy (non-hydrogen) atoms. The number of nitrogens with zero attached hydrogens (tertiary/aromatic N) is 3. The van der Waals surface area contributed by atoms with E-state index >= 15 is 0 Å². The van der Waals surface area contributed by atoms with Crippen molar-refractivity contribution < 1.29 is 4.92 Å². The molecule has 5 heteroatoms. The van der Waals surface area contributed by atoms with Gasteiger partial charge in [-0.1, -0.05) is 0 Å². The molecule has 1 aromatic rings. The Balaban J connectivity index is 2.74. The Labute approximate surface area is 57.5 Å². The van der Waals surface area contributed by atoms with Gasteiger partial charge >= 0.3 is 0 Å². The number of aromatic nitrogens is 2. The average Bonchev–Trinajstić information content (AvgIpc) is 2.15. The Hall–Kier alpha value is -1.39. The van der Waals surface area contributed by atoms with Crippen LogP contribution in [0.1, 0.15) is 5.69 Å². The zero-order valence-electron chi connectivity index (χ0n) is 5.52. The van der Waals surface area contributed by atoms with Crippen LogP contribution in [0, 0.1) is 10.1 Å². The second-order valence-electron chi connectivity index (χ2n) is 1.99. The Morgan fingerprint density at radius 2 is 2.60 bits per heavy atom. The van der Waals surface area contributed by atoms with Gasteiger partial charge in [0.1, 0.15) is 5.69 Å². The molecule has 0 radical (unpaired) electrons. The van der Waals surface area contributed by atoms with Crippen LogP contribution in [0.15, 0.2) is 12.5 Å². The van der Waals surface area contributed by atoms with Gasteiger partial charge in [0.2, 0.25) is 6.54 Å². The molecule has 0 aliphatic heterocycles. The van der Waals surface area contributed by atoms with E-state index in [4.69, 9.17) is 0 Å². The maximum atomic E-state index is 9.98. The largest absolute Gasteiger partial charge is 0.332 e. The van der Waals surface area contributed by atoms with Crippen LogP contribution in [0.3, 0.4) is 0 Å². The van der Waals surface area contributed by atoms with Crippen LogP contribution >= 0.6 is 0 Å². The lowest BCUT2D eigenvalue weighted by atomic mass is 10.5. The number of aryl methyl sites for hydroxylation is 1. The van der Waals surface area contributed by atoms with Gasteiger partial charge in [-0.05, 0) is 0 Å². The molecule has 0 amide bonds. The van der Waals surface area contributed by atoms with E-state index in [2.05, 4.69) is 4.98 Å². The van der Waals surface area contributed by atoms with E-state index in [-0.39, 0.29) is 11.5 Å². The summed E-state index contributed by atoms with van der Waals surface area (Å²) in [6.45, 7) is -0.156. The van der Waals surface area contributed by atoms with Gasteiger partial charge in [0.15, 0.2) is 0 Å². The zero-order chi connectivity index (χ0) is 7.56. The summed E-state index contributed by atoms with van der Waals surface area (Å²) in [5, 5.41) is 9.98. The fourth-order valence-electron chi connectivity index (χ4n) is 0.669. The molecule has 1 rings (SSSR count). The summed E-state index contributed by atoms with van der Waals surface area (Å²) < 4.78 is 1.63. The van der Waals surface area contributed by atoms with Crippen molar-refractivity contribution >= 4 is 0 Å². The van der Waals surface area contributed by atoms with Gasteiger partial charge in [-0.25, -0.2) is 4.98 Å².